The number of nitrogens with one attached hydrogen (secondary N) is 1. The molecule has 1 aliphatic carbocycles. The maximum atomic E-state index is 10.5. The summed E-state index contributed by atoms with van der Waals surface area (Å²) in [5.74, 6) is 0.718. The minimum atomic E-state index is -0.434. The molecule has 1 aliphatic rings. The van der Waals surface area contributed by atoms with Gasteiger partial charge in [-0.05, 0) is 24.3 Å². The van der Waals surface area contributed by atoms with Crippen molar-refractivity contribution in [2.24, 2.45) is 5.41 Å². The molecule has 5 heteroatoms. The van der Waals surface area contributed by atoms with Gasteiger partial charge in [-0.1, -0.05) is 20.3 Å². The summed E-state index contributed by atoms with van der Waals surface area (Å²) in [5, 5.41) is 13.9. The topological polar surface area (TPSA) is 68.1 Å². The lowest BCUT2D eigenvalue weighted by Gasteiger charge is -2.28. The lowest BCUT2D eigenvalue weighted by atomic mass is 9.87. The van der Waals surface area contributed by atoms with E-state index in [1.165, 1.54) is 25.1 Å². The van der Waals surface area contributed by atoms with E-state index in [-0.39, 0.29) is 11.1 Å². The van der Waals surface area contributed by atoms with Gasteiger partial charge in [0.05, 0.1) is 4.92 Å². The Hall–Kier alpha value is -1.65. The molecule has 1 aromatic rings. The van der Waals surface area contributed by atoms with Gasteiger partial charge in [0.2, 0.25) is 0 Å². The number of aromatic nitrogens is 1. The predicted octanol–water partition coefficient (Wildman–Crippen LogP) is 2.98. The Bertz CT molecular complexity index is 414. The van der Waals surface area contributed by atoms with E-state index in [0.717, 1.165) is 12.2 Å². The first kappa shape index (κ1) is 11.8. The minimum absolute atomic E-state index is 0.0289. The average molecular weight is 235 g/mol. The van der Waals surface area contributed by atoms with Gasteiger partial charge in [-0.25, -0.2) is 4.98 Å². The summed E-state index contributed by atoms with van der Waals surface area (Å²) in [4.78, 5) is 14.1. The third-order valence-electron chi connectivity index (χ3n) is 3.54. The van der Waals surface area contributed by atoms with Gasteiger partial charge in [-0.2, -0.15) is 0 Å². The molecular weight excluding hydrogens is 218 g/mol. The van der Waals surface area contributed by atoms with Gasteiger partial charge in [0.1, 0.15) is 12.0 Å². The van der Waals surface area contributed by atoms with Crippen molar-refractivity contribution in [1.82, 2.24) is 4.98 Å². The van der Waals surface area contributed by atoms with Crippen LogP contribution in [0.4, 0.5) is 11.5 Å². The normalized spacial score (nSPS) is 22.4. The van der Waals surface area contributed by atoms with Crippen LogP contribution < -0.4 is 5.32 Å². The van der Waals surface area contributed by atoms with Crippen LogP contribution in [0.3, 0.4) is 0 Å². The lowest BCUT2D eigenvalue weighted by molar-refractivity contribution is -0.385. The molecule has 1 aromatic heterocycles. The van der Waals surface area contributed by atoms with E-state index in [9.17, 15) is 10.1 Å². The minimum Gasteiger partial charge on any atom is -0.367 e. The number of hydrogen-bond acceptors (Lipinski definition) is 4. The Kier molecular flexibility index (Phi) is 3.00. The van der Waals surface area contributed by atoms with Gasteiger partial charge in [-0.15, -0.1) is 0 Å². The molecule has 5 nitrogen and oxygen atoms in total. The van der Waals surface area contributed by atoms with Crippen LogP contribution in [0, 0.1) is 15.5 Å². The third-order valence-corrected chi connectivity index (χ3v) is 3.54. The van der Waals surface area contributed by atoms with Crippen molar-refractivity contribution in [3.8, 4) is 0 Å². The maximum Gasteiger partial charge on any atom is 0.287 e. The molecule has 0 amide bonds. The van der Waals surface area contributed by atoms with Crippen molar-refractivity contribution in [2.75, 3.05) is 5.32 Å². The largest absolute Gasteiger partial charge is 0.367 e. The number of nitro groups is 1. The summed E-state index contributed by atoms with van der Waals surface area (Å²) < 4.78 is 0. The zero-order valence-corrected chi connectivity index (χ0v) is 10.1. The van der Waals surface area contributed by atoms with Crippen molar-refractivity contribution in [1.29, 1.82) is 0 Å². The van der Waals surface area contributed by atoms with Gasteiger partial charge >= 0.3 is 0 Å². The van der Waals surface area contributed by atoms with E-state index in [1.807, 2.05) is 0 Å². The quantitative estimate of drug-likeness (QED) is 0.646. The molecule has 1 saturated carbocycles. The second kappa shape index (κ2) is 4.31. The Morgan fingerprint density at radius 1 is 1.53 bits per heavy atom. The summed E-state index contributed by atoms with van der Waals surface area (Å²) in [7, 11) is 0. The van der Waals surface area contributed by atoms with Crippen molar-refractivity contribution in [3.05, 3.63) is 28.4 Å². The van der Waals surface area contributed by atoms with E-state index in [0.29, 0.717) is 6.04 Å². The molecule has 0 aliphatic heterocycles. The van der Waals surface area contributed by atoms with E-state index in [2.05, 4.69) is 24.1 Å². The molecule has 0 saturated heterocycles. The molecule has 0 radical (unpaired) electrons. The Balaban J connectivity index is 2.06. The second-order valence-electron chi connectivity index (χ2n) is 5.24. The molecule has 1 heterocycles. The Labute approximate surface area is 100 Å². The lowest BCUT2D eigenvalue weighted by Crippen LogP contribution is -2.31. The summed E-state index contributed by atoms with van der Waals surface area (Å²) in [5.41, 5.74) is 0.296. The van der Waals surface area contributed by atoms with Crippen LogP contribution in [0.5, 0.6) is 0 Å². The first-order chi connectivity index (χ1) is 7.99. The van der Waals surface area contributed by atoms with Gasteiger partial charge in [0, 0.05) is 12.1 Å². The molecule has 0 spiro atoms. The van der Waals surface area contributed by atoms with Crippen LogP contribution in [-0.4, -0.2) is 15.9 Å². The van der Waals surface area contributed by atoms with E-state index in [1.54, 1.807) is 6.07 Å². The molecule has 0 bridgehead atoms. The predicted molar refractivity (Wildman–Crippen MR) is 65.9 cm³/mol. The highest BCUT2D eigenvalue weighted by Crippen LogP contribution is 2.38. The Morgan fingerprint density at radius 2 is 2.29 bits per heavy atom. The standard InChI is InChI=1S/C12H17N3O2/c1-12(2)7-3-4-10(12)14-11-6-5-9(8-13-11)15(16)17/h5-6,8,10H,3-4,7H2,1-2H3,(H,13,14). The summed E-state index contributed by atoms with van der Waals surface area (Å²) in [6, 6.07) is 3.56. The molecule has 92 valence electrons. The smallest absolute Gasteiger partial charge is 0.287 e. The first-order valence-corrected chi connectivity index (χ1v) is 5.86. The molecule has 0 aromatic carbocycles. The summed E-state index contributed by atoms with van der Waals surface area (Å²) in [6.45, 7) is 4.48. The van der Waals surface area contributed by atoms with Crippen molar-refractivity contribution in [3.63, 3.8) is 0 Å². The van der Waals surface area contributed by atoms with Crippen molar-refractivity contribution >= 4 is 11.5 Å². The molecule has 1 N–H and O–H groups in total. The zero-order valence-electron chi connectivity index (χ0n) is 10.1. The number of rotatable bonds is 3. The number of pyridine rings is 1. The van der Waals surface area contributed by atoms with Crippen molar-refractivity contribution < 1.29 is 4.92 Å². The summed E-state index contributed by atoms with van der Waals surface area (Å²) in [6.07, 6.45) is 4.85. The highest BCUT2D eigenvalue weighted by atomic mass is 16.6. The SMILES string of the molecule is CC1(C)CCCC1Nc1ccc([N+](=O)[O-])cn1. The van der Waals surface area contributed by atoms with Crippen molar-refractivity contribution in [2.45, 2.75) is 39.2 Å². The third kappa shape index (κ3) is 2.54. The van der Waals surface area contributed by atoms with Gasteiger partial charge in [0.15, 0.2) is 0 Å². The fraction of sp³-hybridized carbons (Fsp3) is 0.583. The number of hydrogen-bond donors (Lipinski definition) is 1. The highest BCUT2D eigenvalue weighted by Gasteiger charge is 2.34. The highest BCUT2D eigenvalue weighted by molar-refractivity contribution is 5.41. The number of anilines is 1. The van der Waals surface area contributed by atoms with E-state index >= 15 is 0 Å². The van der Waals surface area contributed by atoms with Crippen LogP contribution >= 0.6 is 0 Å². The van der Waals surface area contributed by atoms with Gasteiger partial charge in [0.25, 0.3) is 5.69 Å². The average Bonchev–Trinajstić information content (AvgIpc) is 2.59. The molecule has 1 atom stereocenters. The van der Waals surface area contributed by atoms with E-state index in [4.69, 9.17) is 0 Å². The molecule has 17 heavy (non-hydrogen) atoms. The first-order valence-electron chi connectivity index (χ1n) is 5.86. The Morgan fingerprint density at radius 3 is 2.76 bits per heavy atom. The summed E-state index contributed by atoms with van der Waals surface area (Å²) >= 11 is 0. The molecule has 1 unspecified atom stereocenters. The second-order valence-corrected chi connectivity index (χ2v) is 5.24. The van der Waals surface area contributed by atoms with Crippen LogP contribution in [0.2, 0.25) is 0 Å². The zero-order chi connectivity index (χ0) is 12.5. The van der Waals surface area contributed by atoms with Crippen LogP contribution in [0.25, 0.3) is 0 Å². The van der Waals surface area contributed by atoms with Crippen LogP contribution in [0.1, 0.15) is 33.1 Å². The maximum absolute atomic E-state index is 10.5. The molecule has 1 fully saturated rings. The number of nitrogens with zero attached hydrogens (tertiary/aromatic N) is 2. The van der Waals surface area contributed by atoms with Gasteiger partial charge in [-0.3, -0.25) is 10.1 Å². The molecular formula is C12H17N3O2. The monoisotopic (exact) mass is 235 g/mol. The van der Waals surface area contributed by atoms with Crippen LogP contribution in [-0.2, 0) is 0 Å². The fourth-order valence-corrected chi connectivity index (χ4v) is 2.35. The molecule has 2 rings (SSSR count). The van der Waals surface area contributed by atoms with Crippen LogP contribution in [0.15, 0.2) is 18.3 Å². The van der Waals surface area contributed by atoms with E-state index < -0.39 is 4.92 Å². The fourth-order valence-electron chi connectivity index (χ4n) is 2.35. The van der Waals surface area contributed by atoms with Gasteiger partial charge < -0.3 is 5.32 Å².